The summed E-state index contributed by atoms with van der Waals surface area (Å²) in [4.78, 5) is 9.18. The molecule has 0 bridgehead atoms. The second kappa shape index (κ2) is 3.76. The van der Waals surface area contributed by atoms with Crippen LogP contribution in [0.3, 0.4) is 0 Å². The molecule has 8 heteroatoms. The SMILES string of the molecule is Cc1cc(S(N)(=O)=O)c([N+](=O)[O-])cc1Cl. The fraction of sp³-hybridized carbons (Fsp3) is 0.143. The molecule has 0 radical (unpaired) electrons. The number of nitro benzene ring substituents is 1. The van der Waals surface area contributed by atoms with Gasteiger partial charge in [-0.2, -0.15) is 0 Å². The van der Waals surface area contributed by atoms with Gasteiger partial charge < -0.3 is 0 Å². The number of nitrogens with zero attached hydrogens (tertiary/aromatic N) is 1. The zero-order chi connectivity index (χ0) is 11.8. The fourth-order valence-corrected chi connectivity index (χ4v) is 1.94. The van der Waals surface area contributed by atoms with E-state index >= 15 is 0 Å². The van der Waals surface area contributed by atoms with E-state index in [0.29, 0.717) is 5.56 Å². The van der Waals surface area contributed by atoms with Crippen LogP contribution in [0, 0.1) is 17.0 Å². The van der Waals surface area contributed by atoms with Gasteiger partial charge in [0.25, 0.3) is 5.69 Å². The van der Waals surface area contributed by atoms with Crippen molar-refractivity contribution in [1.29, 1.82) is 0 Å². The molecule has 0 spiro atoms. The summed E-state index contributed by atoms with van der Waals surface area (Å²) >= 11 is 5.64. The summed E-state index contributed by atoms with van der Waals surface area (Å²) in [6, 6.07) is 2.05. The van der Waals surface area contributed by atoms with Crippen molar-refractivity contribution in [2.24, 2.45) is 5.14 Å². The monoisotopic (exact) mass is 250 g/mol. The van der Waals surface area contributed by atoms with Gasteiger partial charge in [-0.1, -0.05) is 11.6 Å². The number of nitro groups is 1. The first-order chi connectivity index (χ1) is 6.73. The van der Waals surface area contributed by atoms with Gasteiger partial charge in [0.05, 0.1) is 9.95 Å². The maximum Gasteiger partial charge on any atom is 0.290 e. The van der Waals surface area contributed by atoms with Gasteiger partial charge in [0.1, 0.15) is 0 Å². The van der Waals surface area contributed by atoms with Crippen LogP contribution in [0.15, 0.2) is 17.0 Å². The summed E-state index contributed by atoms with van der Waals surface area (Å²) in [5, 5.41) is 15.5. The van der Waals surface area contributed by atoms with E-state index in [1.165, 1.54) is 6.92 Å². The minimum absolute atomic E-state index is 0.120. The molecule has 0 unspecified atom stereocenters. The first kappa shape index (κ1) is 11.9. The molecule has 1 aromatic rings. The summed E-state index contributed by atoms with van der Waals surface area (Å²) < 4.78 is 22.1. The molecular weight excluding hydrogens is 244 g/mol. The molecule has 2 N–H and O–H groups in total. The summed E-state index contributed by atoms with van der Waals surface area (Å²) in [6.07, 6.45) is 0. The lowest BCUT2D eigenvalue weighted by molar-refractivity contribution is -0.387. The molecular formula is C7H7ClN2O4S. The second-order valence-electron chi connectivity index (χ2n) is 2.87. The van der Waals surface area contributed by atoms with Gasteiger partial charge in [-0.05, 0) is 18.6 Å². The van der Waals surface area contributed by atoms with Crippen LogP contribution >= 0.6 is 11.6 Å². The summed E-state index contributed by atoms with van der Waals surface area (Å²) in [7, 11) is -4.12. The van der Waals surface area contributed by atoms with Crippen molar-refractivity contribution in [1.82, 2.24) is 0 Å². The molecule has 0 aliphatic heterocycles. The number of nitrogens with two attached hydrogens (primary N) is 1. The molecule has 0 saturated heterocycles. The van der Waals surface area contributed by atoms with Gasteiger partial charge in [0, 0.05) is 6.07 Å². The van der Waals surface area contributed by atoms with Gasteiger partial charge in [0.2, 0.25) is 10.0 Å². The number of hydrogen-bond donors (Lipinski definition) is 1. The molecule has 0 heterocycles. The Kier molecular flexibility index (Phi) is 2.98. The molecule has 0 aliphatic rings. The van der Waals surface area contributed by atoms with E-state index in [2.05, 4.69) is 0 Å². The van der Waals surface area contributed by atoms with E-state index in [-0.39, 0.29) is 5.02 Å². The van der Waals surface area contributed by atoms with E-state index in [4.69, 9.17) is 16.7 Å². The average Bonchev–Trinajstić information content (AvgIpc) is 2.06. The van der Waals surface area contributed by atoms with Crippen molar-refractivity contribution in [3.63, 3.8) is 0 Å². The molecule has 15 heavy (non-hydrogen) atoms. The van der Waals surface area contributed by atoms with Crippen LogP contribution in [-0.4, -0.2) is 13.3 Å². The van der Waals surface area contributed by atoms with Gasteiger partial charge >= 0.3 is 0 Å². The fourth-order valence-electron chi connectivity index (χ4n) is 1.02. The Hall–Kier alpha value is -1.18. The lowest BCUT2D eigenvalue weighted by atomic mass is 10.2. The van der Waals surface area contributed by atoms with Gasteiger partial charge in [0.15, 0.2) is 4.90 Å². The number of hydrogen-bond acceptors (Lipinski definition) is 4. The largest absolute Gasteiger partial charge is 0.290 e. The molecule has 0 amide bonds. The summed E-state index contributed by atoms with van der Waals surface area (Å²) in [6.45, 7) is 1.53. The van der Waals surface area contributed by atoms with E-state index < -0.39 is 25.5 Å². The molecule has 1 rings (SSSR count). The highest BCUT2D eigenvalue weighted by atomic mass is 35.5. The molecule has 0 aliphatic carbocycles. The van der Waals surface area contributed by atoms with E-state index in [9.17, 15) is 18.5 Å². The Morgan fingerprint density at radius 2 is 2.00 bits per heavy atom. The molecule has 82 valence electrons. The topological polar surface area (TPSA) is 103 Å². The van der Waals surface area contributed by atoms with Gasteiger partial charge in [-0.25, -0.2) is 13.6 Å². The maximum atomic E-state index is 11.1. The Bertz CT molecular complexity index is 526. The average molecular weight is 251 g/mol. The molecule has 6 nitrogen and oxygen atoms in total. The zero-order valence-electron chi connectivity index (χ0n) is 7.60. The first-order valence-corrected chi connectivity index (χ1v) is 5.63. The number of aryl methyl sites for hydroxylation is 1. The molecule has 0 aromatic heterocycles. The third-order valence-electron chi connectivity index (χ3n) is 1.74. The zero-order valence-corrected chi connectivity index (χ0v) is 9.17. The highest BCUT2D eigenvalue weighted by Crippen LogP contribution is 2.29. The summed E-state index contributed by atoms with van der Waals surface area (Å²) in [5.41, 5.74) is -0.209. The highest BCUT2D eigenvalue weighted by Gasteiger charge is 2.24. The Morgan fingerprint density at radius 3 is 2.40 bits per heavy atom. The number of primary sulfonamides is 1. The van der Waals surface area contributed by atoms with Crippen molar-refractivity contribution < 1.29 is 13.3 Å². The lowest BCUT2D eigenvalue weighted by Gasteiger charge is -2.03. The molecule has 0 fully saturated rings. The van der Waals surface area contributed by atoms with Crippen molar-refractivity contribution in [3.8, 4) is 0 Å². The van der Waals surface area contributed by atoms with Crippen LogP contribution in [-0.2, 0) is 10.0 Å². The maximum absolute atomic E-state index is 11.1. The number of benzene rings is 1. The van der Waals surface area contributed by atoms with Crippen LogP contribution in [0.5, 0.6) is 0 Å². The number of sulfonamides is 1. The quantitative estimate of drug-likeness (QED) is 0.629. The molecule has 0 saturated carbocycles. The van der Waals surface area contributed by atoms with Crippen molar-refractivity contribution in [3.05, 3.63) is 32.8 Å². The third kappa shape index (κ3) is 2.44. The van der Waals surface area contributed by atoms with Crippen molar-refractivity contribution in [2.45, 2.75) is 11.8 Å². The predicted molar refractivity (Wildman–Crippen MR) is 54.2 cm³/mol. The van der Waals surface area contributed by atoms with Gasteiger partial charge in [-0.3, -0.25) is 10.1 Å². The minimum Gasteiger partial charge on any atom is -0.258 e. The van der Waals surface area contributed by atoms with Crippen LogP contribution < -0.4 is 5.14 Å². The molecule has 0 atom stereocenters. The standard InChI is InChI=1S/C7H7ClN2O4S/c1-4-2-7(15(9,13)14)6(10(11)12)3-5(4)8/h2-3H,1H3,(H2,9,13,14). The Balaban J connectivity index is 3.64. The van der Waals surface area contributed by atoms with Crippen LogP contribution in [0.25, 0.3) is 0 Å². The van der Waals surface area contributed by atoms with Gasteiger partial charge in [-0.15, -0.1) is 0 Å². The smallest absolute Gasteiger partial charge is 0.258 e. The lowest BCUT2D eigenvalue weighted by Crippen LogP contribution is -2.14. The second-order valence-corrected chi connectivity index (χ2v) is 4.81. The normalized spacial score (nSPS) is 11.4. The van der Waals surface area contributed by atoms with Crippen LogP contribution in [0.4, 0.5) is 5.69 Å². The van der Waals surface area contributed by atoms with E-state index in [1.54, 1.807) is 0 Å². The predicted octanol–water partition coefficient (Wildman–Crippen LogP) is 1.20. The Morgan fingerprint density at radius 1 is 1.47 bits per heavy atom. The molecule has 1 aromatic carbocycles. The van der Waals surface area contributed by atoms with Crippen LogP contribution in [0.1, 0.15) is 5.56 Å². The Labute approximate surface area is 90.9 Å². The minimum atomic E-state index is -4.12. The van der Waals surface area contributed by atoms with Crippen molar-refractivity contribution in [2.75, 3.05) is 0 Å². The highest BCUT2D eigenvalue weighted by molar-refractivity contribution is 7.89. The number of halogens is 1. The summed E-state index contributed by atoms with van der Waals surface area (Å²) in [5.74, 6) is 0. The first-order valence-electron chi connectivity index (χ1n) is 3.71. The van der Waals surface area contributed by atoms with E-state index in [0.717, 1.165) is 12.1 Å². The van der Waals surface area contributed by atoms with Crippen molar-refractivity contribution >= 4 is 27.3 Å². The number of rotatable bonds is 2. The van der Waals surface area contributed by atoms with Crippen LogP contribution in [0.2, 0.25) is 5.02 Å². The third-order valence-corrected chi connectivity index (χ3v) is 3.09. The van der Waals surface area contributed by atoms with E-state index in [1.807, 2.05) is 0 Å².